The van der Waals surface area contributed by atoms with Gasteiger partial charge in [-0.1, -0.05) is 18.1 Å². The summed E-state index contributed by atoms with van der Waals surface area (Å²) in [6, 6.07) is 0. The van der Waals surface area contributed by atoms with Gasteiger partial charge < -0.3 is 5.73 Å². The number of nitrogens with two attached hydrogens (primary N) is 1. The Morgan fingerprint density at radius 1 is 1.29 bits per heavy atom. The third kappa shape index (κ3) is 4.59. The minimum absolute atomic E-state index is 0.207. The quantitative estimate of drug-likeness (QED) is 0.653. The summed E-state index contributed by atoms with van der Waals surface area (Å²) in [5.41, 5.74) is 5.02. The fourth-order valence-electron chi connectivity index (χ4n) is 1.28. The van der Waals surface area contributed by atoms with E-state index in [2.05, 4.69) is 10.3 Å². The van der Waals surface area contributed by atoms with Crippen LogP contribution in [-0.4, -0.2) is 20.9 Å². The molecule has 1 amide bonds. The van der Waals surface area contributed by atoms with E-state index in [-0.39, 0.29) is 5.91 Å². The first-order chi connectivity index (χ1) is 6.79. The summed E-state index contributed by atoms with van der Waals surface area (Å²) in [4.78, 5) is 10.4. The zero-order chi connectivity index (χ0) is 10.2. The summed E-state index contributed by atoms with van der Waals surface area (Å²) in [6.07, 6.45) is 8.15. The van der Waals surface area contributed by atoms with Crippen molar-refractivity contribution in [3.8, 4) is 0 Å². The van der Waals surface area contributed by atoms with Gasteiger partial charge in [-0.3, -0.25) is 9.48 Å². The average molecular weight is 196 g/mol. The molecule has 1 aromatic rings. The highest BCUT2D eigenvalue weighted by molar-refractivity contribution is 5.73. The molecule has 0 aromatic carbocycles. The lowest BCUT2D eigenvalue weighted by molar-refractivity contribution is -0.118. The lowest BCUT2D eigenvalue weighted by Gasteiger charge is -2.00. The first kappa shape index (κ1) is 10.7. The molecule has 1 aromatic heterocycles. The van der Waals surface area contributed by atoms with Crippen molar-refractivity contribution in [2.24, 2.45) is 5.73 Å². The van der Waals surface area contributed by atoms with Crippen LogP contribution in [0.5, 0.6) is 0 Å². The number of carbonyl (C=O) groups excluding carboxylic acids is 1. The van der Waals surface area contributed by atoms with Crippen LogP contribution in [0.3, 0.4) is 0 Å². The molecule has 0 aliphatic rings. The Kier molecular flexibility index (Phi) is 4.68. The van der Waals surface area contributed by atoms with Crippen molar-refractivity contribution in [2.75, 3.05) is 0 Å². The number of primary amides is 1. The van der Waals surface area contributed by atoms with Crippen molar-refractivity contribution in [3.05, 3.63) is 12.4 Å². The van der Waals surface area contributed by atoms with Crippen molar-refractivity contribution >= 4 is 5.91 Å². The summed E-state index contributed by atoms with van der Waals surface area (Å²) in [6.45, 7) is 0.899. The van der Waals surface area contributed by atoms with E-state index in [0.29, 0.717) is 6.42 Å². The number of hydrogen-bond donors (Lipinski definition) is 1. The van der Waals surface area contributed by atoms with Crippen LogP contribution in [0.25, 0.3) is 0 Å². The second-order valence-electron chi connectivity index (χ2n) is 3.30. The monoisotopic (exact) mass is 196 g/mol. The molecule has 0 radical (unpaired) electrons. The fourth-order valence-corrected chi connectivity index (χ4v) is 1.28. The van der Waals surface area contributed by atoms with Gasteiger partial charge in [-0.25, -0.2) is 0 Å². The average Bonchev–Trinajstić information content (AvgIpc) is 2.63. The van der Waals surface area contributed by atoms with Crippen LogP contribution in [0, 0.1) is 0 Å². The SMILES string of the molecule is NC(=O)CCCCCCn1ccnn1. The molecule has 78 valence electrons. The van der Waals surface area contributed by atoms with Crippen LogP contribution in [0.15, 0.2) is 12.4 Å². The molecule has 1 rings (SSSR count). The molecule has 14 heavy (non-hydrogen) atoms. The summed E-state index contributed by atoms with van der Waals surface area (Å²) in [5.74, 6) is -0.207. The standard InChI is InChI=1S/C9H16N4O/c10-9(14)5-3-1-2-4-7-13-8-6-11-12-13/h6,8H,1-5,7H2,(H2,10,14). The predicted octanol–water partition coefficient (Wildman–Crippen LogP) is 0.714. The van der Waals surface area contributed by atoms with Crippen LogP contribution >= 0.6 is 0 Å². The largest absolute Gasteiger partial charge is 0.370 e. The third-order valence-corrected chi connectivity index (χ3v) is 2.03. The molecule has 0 aliphatic carbocycles. The molecular formula is C9H16N4O. The van der Waals surface area contributed by atoms with E-state index in [1.165, 1.54) is 0 Å². The number of carbonyl (C=O) groups is 1. The van der Waals surface area contributed by atoms with E-state index in [9.17, 15) is 4.79 Å². The Hall–Kier alpha value is -1.39. The number of aromatic nitrogens is 3. The van der Waals surface area contributed by atoms with E-state index in [1.54, 1.807) is 6.20 Å². The number of rotatable bonds is 7. The number of nitrogens with zero attached hydrogens (tertiary/aromatic N) is 3. The fraction of sp³-hybridized carbons (Fsp3) is 0.667. The van der Waals surface area contributed by atoms with Crippen LogP contribution in [0.4, 0.5) is 0 Å². The van der Waals surface area contributed by atoms with Crippen LogP contribution in [0.1, 0.15) is 32.1 Å². The second kappa shape index (κ2) is 6.12. The van der Waals surface area contributed by atoms with Crippen molar-refractivity contribution in [1.82, 2.24) is 15.0 Å². The first-order valence-corrected chi connectivity index (χ1v) is 4.91. The topological polar surface area (TPSA) is 73.8 Å². The van der Waals surface area contributed by atoms with Gasteiger partial charge in [-0.15, -0.1) is 5.10 Å². The van der Waals surface area contributed by atoms with Gasteiger partial charge in [0.2, 0.25) is 5.91 Å². The highest BCUT2D eigenvalue weighted by Gasteiger charge is 1.95. The van der Waals surface area contributed by atoms with E-state index in [0.717, 1.165) is 32.2 Å². The molecule has 0 spiro atoms. The first-order valence-electron chi connectivity index (χ1n) is 4.91. The summed E-state index contributed by atoms with van der Waals surface area (Å²) in [7, 11) is 0. The summed E-state index contributed by atoms with van der Waals surface area (Å²) in [5, 5.41) is 7.57. The van der Waals surface area contributed by atoms with Gasteiger partial charge in [-0.05, 0) is 12.8 Å². The minimum Gasteiger partial charge on any atom is -0.370 e. The smallest absolute Gasteiger partial charge is 0.217 e. The van der Waals surface area contributed by atoms with Gasteiger partial charge in [0.15, 0.2) is 0 Å². The lowest BCUT2D eigenvalue weighted by Crippen LogP contribution is -2.09. The van der Waals surface area contributed by atoms with E-state index in [4.69, 9.17) is 5.73 Å². The van der Waals surface area contributed by atoms with Gasteiger partial charge >= 0.3 is 0 Å². The highest BCUT2D eigenvalue weighted by atomic mass is 16.1. The van der Waals surface area contributed by atoms with E-state index < -0.39 is 0 Å². The minimum atomic E-state index is -0.207. The van der Waals surface area contributed by atoms with Crippen LogP contribution in [0.2, 0.25) is 0 Å². The Labute approximate surface area is 83.3 Å². The molecule has 0 unspecified atom stereocenters. The van der Waals surface area contributed by atoms with Crippen molar-refractivity contribution in [1.29, 1.82) is 0 Å². The zero-order valence-electron chi connectivity index (χ0n) is 8.22. The molecule has 0 saturated heterocycles. The molecule has 5 heteroatoms. The van der Waals surface area contributed by atoms with E-state index in [1.807, 2.05) is 10.9 Å². The maximum Gasteiger partial charge on any atom is 0.217 e. The Bertz CT molecular complexity index is 258. The van der Waals surface area contributed by atoms with Gasteiger partial charge in [0.25, 0.3) is 0 Å². The van der Waals surface area contributed by atoms with Gasteiger partial charge in [-0.2, -0.15) is 0 Å². The van der Waals surface area contributed by atoms with Crippen molar-refractivity contribution < 1.29 is 4.79 Å². The Morgan fingerprint density at radius 3 is 2.71 bits per heavy atom. The number of aryl methyl sites for hydroxylation is 1. The number of hydrogen-bond acceptors (Lipinski definition) is 3. The van der Waals surface area contributed by atoms with E-state index >= 15 is 0 Å². The third-order valence-electron chi connectivity index (χ3n) is 2.03. The lowest BCUT2D eigenvalue weighted by atomic mass is 10.1. The zero-order valence-corrected chi connectivity index (χ0v) is 8.22. The molecule has 0 aliphatic heterocycles. The highest BCUT2D eigenvalue weighted by Crippen LogP contribution is 2.03. The maximum atomic E-state index is 10.4. The molecule has 1 heterocycles. The molecular weight excluding hydrogens is 180 g/mol. The van der Waals surface area contributed by atoms with Crippen molar-refractivity contribution in [2.45, 2.75) is 38.6 Å². The normalized spacial score (nSPS) is 10.3. The Morgan fingerprint density at radius 2 is 2.07 bits per heavy atom. The van der Waals surface area contributed by atoms with Gasteiger partial charge in [0, 0.05) is 19.2 Å². The number of unbranched alkanes of at least 4 members (excludes halogenated alkanes) is 3. The van der Waals surface area contributed by atoms with Crippen LogP contribution < -0.4 is 5.73 Å². The molecule has 0 bridgehead atoms. The molecule has 2 N–H and O–H groups in total. The Balaban J connectivity index is 1.92. The van der Waals surface area contributed by atoms with Gasteiger partial charge in [0.1, 0.15) is 0 Å². The molecule has 5 nitrogen and oxygen atoms in total. The summed E-state index contributed by atoms with van der Waals surface area (Å²) < 4.78 is 1.81. The van der Waals surface area contributed by atoms with Crippen molar-refractivity contribution in [3.63, 3.8) is 0 Å². The summed E-state index contributed by atoms with van der Waals surface area (Å²) >= 11 is 0. The molecule has 0 atom stereocenters. The molecule has 0 saturated carbocycles. The second-order valence-corrected chi connectivity index (χ2v) is 3.30. The number of amides is 1. The van der Waals surface area contributed by atoms with Crippen LogP contribution in [-0.2, 0) is 11.3 Å². The predicted molar refractivity (Wildman–Crippen MR) is 52.3 cm³/mol. The maximum absolute atomic E-state index is 10.4. The van der Waals surface area contributed by atoms with Gasteiger partial charge in [0.05, 0.1) is 6.20 Å². The molecule has 0 fully saturated rings.